The molecule has 2 aromatic heterocycles. The molecule has 2 aromatic rings. The number of aromatic amines is 1. The number of carbonyl (C=O) groups is 1. The van der Waals surface area contributed by atoms with Crippen molar-refractivity contribution >= 4 is 17.0 Å². The minimum atomic E-state index is -0.518. The van der Waals surface area contributed by atoms with Crippen LogP contribution < -0.4 is 0 Å². The van der Waals surface area contributed by atoms with Crippen LogP contribution in [-0.4, -0.2) is 33.1 Å². The number of hydrogen-bond donors (Lipinski definition) is 1. The molecule has 144 valence electrons. The molecule has 1 aliphatic carbocycles. The van der Waals surface area contributed by atoms with Crippen LogP contribution in [0.1, 0.15) is 51.4 Å². The van der Waals surface area contributed by atoms with Gasteiger partial charge in [0.15, 0.2) is 0 Å². The highest BCUT2D eigenvalue weighted by atomic mass is 16.6. The second-order valence-electron chi connectivity index (χ2n) is 8.10. The number of azide groups is 1. The number of amides is 1. The van der Waals surface area contributed by atoms with Crippen molar-refractivity contribution in [1.82, 2.24) is 14.9 Å². The largest absolute Gasteiger partial charge is 0.444 e. The van der Waals surface area contributed by atoms with Gasteiger partial charge in [0.2, 0.25) is 0 Å². The summed E-state index contributed by atoms with van der Waals surface area (Å²) < 4.78 is 5.59. The number of aromatic nitrogens is 2. The summed E-state index contributed by atoms with van der Waals surface area (Å²) in [5.74, 6) is 0.555. The first kappa shape index (κ1) is 19.0. The van der Waals surface area contributed by atoms with Gasteiger partial charge >= 0.3 is 6.09 Å². The molecule has 27 heavy (non-hydrogen) atoms. The van der Waals surface area contributed by atoms with E-state index in [2.05, 4.69) is 20.0 Å². The Kier molecular flexibility index (Phi) is 5.56. The maximum absolute atomic E-state index is 12.7. The average Bonchev–Trinajstić information content (AvgIpc) is 2.94. The highest BCUT2D eigenvalue weighted by Crippen LogP contribution is 2.28. The van der Waals surface area contributed by atoms with Gasteiger partial charge in [-0.15, -0.1) is 0 Å². The van der Waals surface area contributed by atoms with E-state index in [0.717, 1.165) is 16.6 Å². The van der Waals surface area contributed by atoms with Gasteiger partial charge in [-0.05, 0) is 57.2 Å². The third-order valence-corrected chi connectivity index (χ3v) is 4.63. The molecule has 1 amide bonds. The molecule has 0 unspecified atom stereocenters. The van der Waals surface area contributed by atoms with E-state index < -0.39 is 5.60 Å². The number of hydrogen-bond acceptors (Lipinski definition) is 4. The normalized spacial score (nSPS) is 14.5. The van der Waals surface area contributed by atoms with Crippen LogP contribution in [0.25, 0.3) is 21.3 Å². The molecular weight excluding hydrogens is 344 g/mol. The molecule has 0 atom stereocenters. The standard InChI is InChI=1S/C19H26N6O2/c1-19(2,3)27-18(26)25(11-13-5-4-6-13)12-16-7-14-9-21-15(10-22-24-20)8-17(14)23-16/h7-9,13,23H,4-6,10-12H2,1-3H3. The quantitative estimate of drug-likeness (QED) is 0.443. The van der Waals surface area contributed by atoms with Gasteiger partial charge in [0.25, 0.3) is 0 Å². The van der Waals surface area contributed by atoms with Crippen molar-refractivity contribution in [3.63, 3.8) is 0 Å². The number of nitrogens with one attached hydrogen (secondary N) is 1. The lowest BCUT2D eigenvalue weighted by atomic mass is 9.85. The van der Waals surface area contributed by atoms with E-state index in [1.54, 1.807) is 11.1 Å². The summed E-state index contributed by atoms with van der Waals surface area (Å²) in [6, 6.07) is 3.87. The fourth-order valence-corrected chi connectivity index (χ4v) is 3.13. The first-order valence-electron chi connectivity index (χ1n) is 9.29. The van der Waals surface area contributed by atoms with Gasteiger partial charge in [0, 0.05) is 39.9 Å². The minimum Gasteiger partial charge on any atom is -0.444 e. The lowest BCUT2D eigenvalue weighted by Gasteiger charge is -2.33. The van der Waals surface area contributed by atoms with Crippen LogP contribution in [0.3, 0.4) is 0 Å². The number of fused-ring (bicyclic) bond motifs is 1. The second-order valence-corrected chi connectivity index (χ2v) is 8.10. The molecule has 0 saturated heterocycles. The fraction of sp³-hybridized carbons (Fsp3) is 0.579. The van der Waals surface area contributed by atoms with E-state index >= 15 is 0 Å². The highest BCUT2D eigenvalue weighted by Gasteiger charge is 2.27. The molecule has 2 heterocycles. The van der Waals surface area contributed by atoms with Gasteiger partial charge in [-0.2, -0.15) is 0 Å². The van der Waals surface area contributed by atoms with Gasteiger partial charge in [0.1, 0.15) is 5.60 Å². The van der Waals surface area contributed by atoms with Gasteiger partial charge < -0.3 is 14.6 Å². The zero-order chi connectivity index (χ0) is 19.4. The molecule has 0 radical (unpaired) electrons. The molecular formula is C19H26N6O2. The van der Waals surface area contributed by atoms with E-state index in [4.69, 9.17) is 10.3 Å². The Morgan fingerprint density at radius 2 is 2.22 bits per heavy atom. The molecule has 3 rings (SSSR count). The maximum atomic E-state index is 12.7. The fourth-order valence-electron chi connectivity index (χ4n) is 3.13. The van der Waals surface area contributed by atoms with Crippen molar-refractivity contribution in [3.05, 3.63) is 40.2 Å². The monoisotopic (exact) mass is 370 g/mol. The first-order chi connectivity index (χ1) is 12.8. The lowest BCUT2D eigenvalue weighted by molar-refractivity contribution is 0.0171. The predicted octanol–water partition coefficient (Wildman–Crippen LogP) is 4.91. The summed E-state index contributed by atoms with van der Waals surface area (Å²) in [6.07, 6.45) is 5.03. The highest BCUT2D eigenvalue weighted by molar-refractivity contribution is 5.80. The van der Waals surface area contributed by atoms with E-state index in [9.17, 15) is 4.79 Å². The van der Waals surface area contributed by atoms with Gasteiger partial charge in [-0.25, -0.2) is 4.79 Å². The topological polar surface area (TPSA) is 107 Å². The molecule has 0 spiro atoms. The van der Waals surface area contributed by atoms with Crippen molar-refractivity contribution in [1.29, 1.82) is 0 Å². The Morgan fingerprint density at radius 1 is 1.44 bits per heavy atom. The van der Waals surface area contributed by atoms with Crippen molar-refractivity contribution in [2.45, 2.75) is 58.7 Å². The van der Waals surface area contributed by atoms with E-state index in [1.165, 1.54) is 19.3 Å². The molecule has 1 saturated carbocycles. The number of pyridine rings is 1. The van der Waals surface area contributed by atoms with Crippen molar-refractivity contribution in [2.24, 2.45) is 11.0 Å². The maximum Gasteiger partial charge on any atom is 0.410 e. The number of nitrogens with zero attached hydrogens (tertiary/aromatic N) is 5. The number of ether oxygens (including phenoxy) is 1. The Labute approximate surface area is 158 Å². The smallest absolute Gasteiger partial charge is 0.410 e. The van der Waals surface area contributed by atoms with Gasteiger partial charge in [0.05, 0.1) is 13.1 Å². The van der Waals surface area contributed by atoms with E-state index in [1.807, 2.05) is 32.9 Å². The van der Waals surface area contributed by atoms with Crippen LogP contribution in [0, 0.1) is 5.92 Å². The van der Waals surface area contributed by atoms with Crippen LogP contribution >= 0.6 is 0 Å². The number of carbonyl (C=O) groups excluding carboxylic acids is 1. The SMILES string of the molecule is CC(C)(C)OC(=O)N(Cc1cc2cnc(CN=[N+]=[N-])cc2[nH]1)CC1CCC1. The van der Waals surface area contributed by atoms with E-state index in [0.29, 0.717) is 24.7 Å². The molecule has 1 aliphatic rings. The second kappa shape index (κ2) is 7.88. The van der Waals surface area contributed by atoms with Crippen LogP contribution in [0.5, 0.6) is 0 Å². The number of H-pyrrole nitrogens is 1. The third-order valence-electron chi connectivity index (χ3n) is 4.63. The first-order valence-corrected chi connectivity index (χ1v) is 9.29. The molecule has 0 aliphatic heterocycles. The summed E-state index contributed by atoms with van der Waals surface area (Å²) in [7, 11) is 0. The predicted molar refractivity (Wildman–Crippen MR) is 103 cm³/mol. The molecule has 1 N–H and O–H groups in total. The molecule has 1 fully saturated rings. The van der Waals surface area contributed by atoms with Crippen molar-refractivity contribution in [2.75, 3.05) is 6.54 Å². The third kappa shape index (κ3) is 5.14. The Morgan fingerprint density at radius 3 is 2.85 bits per heavy atom. The van der Waals surface area contributed by atoms with Crippen LogP contribution in [0.2, 0.25) is 0 Å². The average molecular weight is 370 g/mol. The molecule has 8 heteroatoms. The van der Waals surface area contributed by atoms with Crippen LogP contribution in [0.4, 0.5) is 4.79 Å². The summed E-state index contributed by atoms with van der Waals surface area (Å²) in [5.41, 5.74) is 10.5. The summed E-state index contributed by atoms with van der Waals surface area (Å²) in [6.45, 7) is 7.04. The zero-order valence-corrected chi connectivity index (χ0v) is 16.1. The Balaban J connectivity index is 1.77. The Hall–Kier alpha value is -2.73. The lowest BCUT2D eigenvalue weighted by Crippen LogP contribution is -2.40. The van der Waals surface area contributed by atoms with Gasteiger partial charge in [-0.1, -0.05) is 11.5 Å². The van der Waals surface area contributed by atoms with Gasteiger partial charge in [-0.3, -0.25) is 4.98 Å². The summed E-state index contributed by atoms with van der Waals surface area (Å²) >= 11 is 0. The Bertz CT molecular complexity index is 859. The molecule has 8 nitrogen and oxygen atoms in total. The van der Waals surface area contributed by atoms with Crippen molar-refractivity contribution < 1.29 is 9.53 Å². The zero-order valence-electron chi connectivity index (χ0n) is 16.1. The van der Waals surface area contributed by atoms with Crippen LogP contribution in [-0.2, 0) is 17.8 Å². The minimum absolute atomic E-state index is 0.215. The van der Waals surface area contributed by atoms with Crippen molar-refractivity contribution in [3.8, 4) is 0 Å². The van der Waals surface area contributed by atoms with Crippen LogP contribution in [0.15, 0.2) is 23.4 Å². The molecule has 0 bridgehead atoms. The summed E-state index contributed by atoms with van der Waals surface area (Å²) in [5, 5.41) is 4.51. The number of rotatable bonds is 6. The summed E-state index contributed by atoms with van der Waals surface area (Å²) in [4.78, 5) is 24.9. The molecule has 0 aromatic carbocycles. The van der Waals surface area contributed by atoms with E-state index in [-0.39, 0.29) is 12.6 Å².